The number of hydrogen-bond acceptors (Lipinski definition) is 2. The molecule has 1 aliphatic rings. The molecule has 0 fully saturated rings. The van der Waals surface area contributed by atoms with Gasteiger partial charge in [-0.1, -0.05) is 30.3 Å². The molecule has 0 radical (unpaired) electrons. The number of rotatable bonds is 1. The van der Waals surface area contributed by atoms with Crippen LogP contribution in [0.4, 0.5) is 4.39 Å². The minimum Gasteiger partial charge on any atom is -0.307 e. The molecule has 2 heterocycles. The SMILES string of the molecule is Fc1ccc(-c2cnn3c2CNCc2ccccc2-3)cc1. The average molecular weight is 279 g/mol. The zero-order valence-electron chi connectivity index (χ0n) is 11.4. The topological polar surface area (TPSA) is 29.9 Å². The summed E-state index contributed by atoms with van der Waals surface area (Å²) in [6.45, 7) is 1.56. The van der Waals surface area contributed by atoms with Crippen LogP contribution in [-0.2, 0) is 13.1 Å². The van der Waals surface area contributed by atoms with Gasteiger partial charge in [-0.25, -0.2) is 9.07 Å². The molecule has 0 atom stereocenters. The van der Waals surface area contributed by atoms with E-state index in [-0.39, 0.29) is 5.82 Å². The Morgan fingerprint density at radius 2 is 1.81 bits per heavy atom. The molecule has 4 heteroatoms. The van der Waals surface area contributed by atoms with Crippen molar-refractivity contribution in [3.8, 4) is 16.8 Å². The molecular weight excluding hydrogens is 265 g/mol. The molecule has 2 aromatic carbocycles. The van der Waals surface area contributed by atoms with Gasteiger partial charge in [-0.05, 0) is 29.3 Å². The highest BCUT2D eigenvalue weighted by molar-refractivity contribution is 5.66. The first-order valence-corrected chi connectivity index (χ1v) is 6.95. The molecule has 0 spiro atoms. The molecule has 1 aliphatic heterocycles. The minimum absolute atomic E-state index is 0.222. The summed E-state index contributed by atoms with van der Waals surface area (Å²) in [5.41, 5.74) is 5.46. The first-order chi connectivity index (χ1) is 10.3. The van der Waals surface area contributed by atoms with Crippen molar-refractivity contribution in [2.75, 3.05) is 0 Å². The summed E-state index contributed by atoms with van der Waals surface area (Å²) in [5.74, 6) is -0.222. The van der Waals surface area contributed by atoms with Gasteiger partial charge in [0, 0.05) is 18.7 Å². The van der Waals surface area contributed by atoms with E-state index in [2.05, 4.69) is 22.5 Å². The van der Waals surface area contributed by atoms with Crippen molar-refractivity contribution < 1.29 is 4.39 Å². The molecule has 3 aromatic rings. The molecule has 0 saturated carbocycles. The quantitative estimate of drug-likeness (QED) is 0.741. The Bertz CT molecular complexity index is 790. The summed E-state index contributed by atoms with van der Waals surface area (Å²) >= 11 is 0. The second-order valence-electron chi connectivity index (χ2n) is 5.16. The summed E-state index contributed by atoms with van der Waals surface area (Å²) in [6, 6.07) is 14.8. The van der Waals surface area contributed by atoms with E-state index >= 15 is 0 Å². The van der Waals surface area contributed by atoms with Gasteiger partial charge in [0.2, 0.25) is 0 Å². The molecular formula is C17H14FN3. The number of hydrogen-bond donors (Lipinski definition) is 1. The van der Waals surface area contributed by atoms with E-state index in [1.165, 1.54) is 17.7 Å². The molecule has 4 rings (SSSR count). The van der Waals surface area contributed by atoms with Crippen molar-refractivity contribution in [2.45, 2.75) is 13.1 Å². The number of benzene rings is 2. The molecule has 0 bridgehead atoms. The Labute approximate surface area is 122 Å². The Kier molecular flexibility index (Phi) is 2.82. The van der Waals surface area contributed by atoms with Gasteiger partial charge in [0.15, 0.2) is 0 Å². The second-order valence-corrected chi connectivity index (χ2v) is 5.16. The van der Waals surface area contributed by atoms with Crippen LogP contribution in [0.2, 0.25) is 0 Å². The lowest BCUT2D eigenvalue weighted by Gasteiger charge is -2.08. The molecule has 3 nitrogen and oxygen atoms in total. The Hall–Kier alpha value is -2.46. The fourth-order valence-corrected chi connectivity index (χ4v) is 2.80. The van der Waals surface area contributed by atoms with Crippen molar-refractivity contribution in [2.24, 2.45) is 0 Å². The van der Waals surface area contributed by atoms with E-state index in [4.69, 9.17) is 0 Å². The van der Waals surface area contributed by atoms with Gasteiger partial charge in [-0.15, -0.1) is 0 Å². The van der Waals surface area contributed by atoms with Gasteiger partial charge in [0.05, 0.1) is 17.6 Å². The minimum atomic E-state index is -0.222. The van der Waals surface area contributed by atoms with Crippen LogP contribution in [-0.4, -0.2) is 9.78 Å². The number of fused-ring (bicyclic) bond motifs is 3. The maximum atomic E-state index is 13.1. The number of nitrogens with zero attached hydrogens (tertiary/aromatic N) is 2. The third kappa shape index (κ3) is 2.04. The lowest BCUT2D eigenvalue weighted by molar-refractivity contribution is 0.628. The number of aromatic nitrogens is 2. The van der Waals surface area contributed by atoms with Crippen LogP contribution in [0.5, 0.6) is 0 Å². The number of nitrogens with one attached hydrogen (secondary N) is 1. The predicted molar refractivity (Wildman–Crippen MR) is 79.5 cm³/mol. The van der Waals surface area contributed by atoms with E-state index in [1.54, 1.807) is 12.1 Å². The van der Waals surface area contributed by atoms with Crippen molar-refractivity contribution in [3.63, 3.8) is 0 Å². The molecule has 0 amide bonds. The van der Waals surface area contributed by atoms with Crippen LogP contribution in [0.1, 0.15) is 11.3 Å². The van der Waals surface area contributed by atoms with Crippen molar-refractivity contribution in [1.82, 2.24) is 15.1 Å². The lowest BCUT2D eigenvalue weighted by atomic mass is 10.1. The van der Waals surface area contributed by atoms with E-state index in [1.807, 2.05) is 23.0 Å². The zero-order chi connectivity index (χ0) is 14.2. The summed E-state index contributed by atoms with van der Waals surface area (Å²) < 4.78 is 15.1. The highest BCUT2D eigenvalue weighted by atomic mass is 19.1. The summed E-state index contributed by atoms with van der Waals surface area (Å²) in [4.78, 5) is 0. The Morgan fingerprint density at radius 3 is 2.67 bits per heavy atom. The first-order valence-electron chi connectivity index (χ1n) is 6.95. The fourth-order valence-electron chi connectivity index (χ4n) is 2.80. The highest BCUT2D eigenvalue weighted by Crippen LogP contribution is 2.28. The average Bonchev–Trinajstić information content (AvgIpc) is 2.84. The smallest absolute Gasteiger partial charge is 0.123 e. The van der Waals surface area contributed by atoms with Gasteiger partial charge in [-0.2, -0.15) is 5.10 Å². The fraction of sp³-hybridized carbons (Fsp3) is 0.118. The molecule has 1 N–H and O–H groups in total. The second kappa shape index (κ2) is 4.82. The van der Waals surface area contributed by atoms with E-state index in [9.17, 15) is 4.39 Å². The molecule has 1 aromatic heterocycles. The molecule has 0 aliphatic carbocycles. The third-order valence-corrected chi connectivity index (χ3v) is 3.85. The maximum Gasteiger partial charge on any atom is 0.123 e. The van der Waals surface area contributed by atoms with Gasteiger partial charge in [-0.3, -0.25) is 0 Å². The van der Waals surface area contributed by atoms with Crippen LogP contribution < -0.4 is 5.32 Å². The highest BCUT2D eigenvalue weighted by Gasteiger charge is 2.18. The van der Waals surface area contributed by atoms with Crippen LogP contribution in [0, 0.1) is 5.82 Å². The molecule has 0 unspecified atom stereocenters. The standard InChI is InChI=1S/C17H14FN3/c18-14-7-5-12(6-8-14)15-10-20-21-16-4-2-1-3-13(16)9-19-11-17(15)21/h1-8,10,19H,9,11H2. The molecule has 104 valence electrons. The predicted octanol–water partition coefficient (Wildman–Crippen LogP) is 3.28. The lowest BCUT2D eigenvalue weighted by Crippen LogP contribution is -2.11. The van der Waals surface area contributed by atoms with E-state index in [0.717, 1.165) is 35.6 Å². The van der Waals surface area contributed by atoms with Crippen molar-refractivity contribution in [1.29, 1.82) is 0 Å². The Morgan fingerprint density at radius 1 is 1.00 bits per heavy atom. The Balaban J connectivity index is 1.88. The molecule has 21 heavy (non-hydrogen) atoms. The zero-order valence-corrected chi connectivity index (χ0v) is 11.4. The van der Waals surface area contributed by atoms with Crippen molar-refractivity contribution in [3.05, 3.63) is 71.8 Å². The van der Waals surface area contributed by atoms with Crippen LogP contribution in [0.25, 0.3) is 16.8 Å². The maximum absolute atomic E-state index is 13.1. The summed E-state index contributed by atoms with van der Waals surface area (Å²) in [7, 11) is 0. The van der Waals surface area contributed by atoms with E-state index < -0.39 is 0 Å². The van der Waals surface area contributed by atoms with Gasteiger partial charge in [0.1, 0.15) is 5.82 Å². The third-order valence-electron chi connectivity index (χ3n) is 3.85. The van der Waals surface area contributed by atoms with Crippen LogP contribution in [0.3, 0.4) is 0 Å². The van der Waals surface area contributed by atoms with Crippen molar-refractivity contribution >= 4 is 0 Å². The van der Waals surface area contributed by atoms with Gasteiger partial charge < -0.3 is 5.32 Å². The van der Waals surface area contributed by atoms with Gasteiger partial charge in [0.25, 0.3) is 0 Å². The number of para-hydroxylation sites is 1. The summed E-state index contributed by atoms with van der Waals surface area (Å²) in [6.07, 6.45) is 1.85. The number of halogens is 1. The normalized spacial score (nSPS) is 13.4. The molecule has 0 saturated heterocycles. The largest absolute Gasteiger partial charge is 0.307 e. The summed E-state index contributed by atoms with van der Waals surface area (Å²) in [5, 5.41) is 7.97. The van der Waals surface area contributed by atoms with Crippen LogP contribution >= 0.6 is 0 Å². The van der Waals surface area contributed by atoms with Crippen LogP contribution in [0.15, 0.2) is 54.7 Å². The van der Waals surface area contributed by atoms with E-state index in [0.29, 0.717) is 0 Å². The monoisotopic (exact) mass is 279 g/mol. The first kappa shape index (κ1) is 12.3. The van der Waals surface area contributed by atoms with Gasteiger partial charge >= 0.3 is 0 Å².